The molecule has 1 aromatic heterocycles. The fourth-order valence-electron chi connectivity index (χ4n) is 2.32. The number of carbonyl (C=O) groups is 1. The Morgan fingerprint density at radius 2 is 1.66 bits per heavy atom. The van der Waals surface area contributed by atoms with Crippen LogP contribution in [0.25, 0.3) is 0 Å². The highest BCUT2D eigenvalue weighted by molar-refractivity contribution is 6.35. The molecule has 0 atom stereocenters. The van der Waals surface area contributed by atoms with Crippen LogP contribution in [0.1, 0.15) is 10.4 Å². The van der Waals surface area contributed by atoms with Crippen LogP contribution in [0, 0.1) is 10.1 Å². The molecule has 0 spiro atoms. The molecule has 148 valence electrons. The van der Waals surface area contributed by atoms with E-state index in [4.69, 9.17) is 34.8 Å². The van der Waals surface area contributed by atoms with Gasteiger partial charge in [-0.2, -0.15) is 0 Å². The van der Waals surface area contributed by atoms with Crippen molar-refractivity contribution >= 4 is 63.7 Å². The van der Waals surface area contributed by atoms with Gasteiger partial charge < -0.3 is 5.32 Å². The Bertz CT molecular complexity index is 1080. The number of aromatic nitrogens is 2. The molecule has 0 aliphatic rings. The largest absolute Gasteiger partial charge is 0.355 e. The van der Waals surface area contributed by atoms with Gasteiger partial charge in [-0.1, -0.05) is 40.9 Å². The Labute approximate surface area is 179 Å². The van der Waals surface area contributed by atoms with Crippen LogP contribution in [0.15, 0.2) is 48.8 Å². The van der Waals surface area contributed by atoms with Crippen molar-refractivity contribution in [2.75, 3.05) is 10.7 Å². The summed E-state index contributed by atoms with van der Waals surface area (Å²) < 4.78 is 0. The van der Waals surface area contributed by atoms with Crippen molar-refractivity contribution in [1.29, 1.82) is 0 Å². The normalized spacial score (nSPS) is 10.3. The quantitative estimate of drug-likeness (QED) is 0.360. The lowest BCUT2D eigenvalue weighted by atomic mass is 10.2. The molecule has 0 aliphatic carbocycles. The summed E-state index contributed by atoms with van der Waals surface area (Å²) in [5.41, 5.74) is 4.92. The van der Waals surface area contributed by atoms with E-state index < -0.39 is 16.5 Å². The SMILES string of the molecule is O=C(NNc1ncnc(Nc2cc(Cl)cc(Cl)c2)c1[N+](=O)[O-])c1cccc(Cl)c1. The molecule has 0 aliphatic heterocycles. The molecule has 29 heavy (non-hydrogen) atoms. The van der Waals surface area contributed by atoms with Crippen LogP contribution < -0.4 is 16.2 Å². The molecule has 0 saturated carbocycles. The van der Waals surface area contributed by atoms with E-state index in [0.29, 0.717) is 20.8 Å². The number of halogens is 3. The predicted octanol–water partition coefficient (Wildman–Crippen LogP) is 4.85. The highest BCUT2D eigenvalue weighted by atomic mass is 35.5. The van der Waals surface area contributed by atoms with Crippen molar-refractivity contribution in [3.05, 3.63) is 79.5 Å². The van der Waals surface area contributed by atoms with Crippen molar-refractivity contribution in [2.24, 2.45) is 0 Å². The van der Waals surface area contributed by atoms with Crippen molar-refractivity contribution < 1.29 is 9.72 Å². The average Bonchev–Trinajstić information content (AvgIpc) is 2.65. The van der Waals surface area contributed by atoms with Crippen molar-refractivity contribution in [3.63, 3.8) is 0 Å². The van der Waals surface area contributed by atoms with E-state index in [1.807, 2.05) is 0 Å². The molecule has 0 saturated heterocycles. The van der Waals surface area contributed by atoms with Crippen LogP contribution in [0.2, 0.25) is 15.1 Å². The maximum absolute atomic E-state index is 12.2. The topological polar surface area (TPSA) is 122 Å². The molecule has 1 heterocycles. The second-order valence-electron chi connectivity index (χ2n) is 5.55. The number of nitro groups is 1. The summed E-state index contributed by atoms with van der Waals surface area (Å²) >= 11 is 17.7. The first-order valence-corrected chi connectivity index (χ1v) is 9.01. The number of carbonyl (C=O) groups excluding carboxylic acids is 1. The molecule has 1 amide bonds. The molecular formula is C17H11Cl3N6O3. The lowest BCUT2D eigenvalue weighted by molar-refractivity contribution is -0.383. The first-order chi connectivity index (χ1) is 13.8. The van der Waals surface area contributed by atoms with Gasteiger partial charge in [0.15, 0.2) is 0 Å². The fourth-order valence-corrected chi connectivity index (χ4v) is 3.03. The maximum Gasteiger partial charge on any atom is 0.355 e. The predicted molar refractivity (Wildman–Crippen MR) is 111 cm³/mol. The molecule has 3 aromatic rings. The molecule has 0 unspecified atom stereocenters. The van der Waals surface area contributed by atoms with Crippen molar-refractivity contribution in [3.8, 4) is 0 Å². The Balaban J connectivity index is 1.85. The van der Waals surface area contributed by atoms with Crippen LogP contribution in [0.3, 0.4) is 0 Å². The number of amides is 1. The third-order valence-corrected chi connectivity index (χ3v) is 4.18. The molecule has 2 aromatic carbocycles. The minimum absolute atomic E-state index is 0.122. The number of benzene rings is 2. The maximum atomic E-state index is 12.2. The van der Waals surface area contributed by atoms with E-state index in [2.05, 4.69) is 26.1 Å². The highest BCUT2D eigenvalue weighted by Gasteiger charge is 2.24. The summed E-state index contributed by atoms with van der Waals surface area (Å²) in [6.45, 7) is 0. The van der Waals surface area contributed by atoms with Gasteiger partial charge in [0.2, 0.25) is 11.6 Å². The smallest absolute Gasteiger partial charge is 0.334 e. The van der Waals surface area contributed by atoms with E-state index in [0.717, 1.165) is 6.33 Å². The molecule has 0 radical (unpaired) electrons. The van der Waals surface area contributed by atoms with Gasteiger partial charge >= 0.3 is 5.69 Å². The molecule has 9 nitrogen and oxygen atoms in total. The number of nitrogens with one attached hydrogen (secondary N) is 3. The van der Waals surface area contributed by atoms with Crippen LogP contribution >= 0.6 is 34.8 Å². The zero-order valence-electron chi connectivity index (χ0n) is 14.3. The van der Waals surface area contributed by atoms with Crippen molar-refractivity contribution in [2.45, 2.75) is 0 Å². The minimum atomic E-state index is -0.692. The van der Waals surface area contributed by atoms with Crippen LogP contribution in [-0.4, -0.2) is 20.8 Å². The lowest BCUT2D eigenvalue weighted by Crippen LogP contribution is -2.30. The van der Waals surface area contributed by atoms with E-state index in [1.165, 1.54) is 30.3 Å². The van der Waals surface area contributed by atoms with Gasteiger partial charge in [-0.15, -0.1) is 0 Å². The van der Waals surface area contributed by atoms with Crippen LogP contribution in [-0.2, 0) is 0 Å². The molecule has 3 rings (SSSR count). The van der Waals surface area contributed by atoms with E-state index in [1.54, 1.807) is 12.1 Å². The summed E-state index contributed by atoms with van der Waals surface area (Å²) in [5.74, 6) is -0.907. The minimum Gasteiger partial charge on any atom is -0.334 e. The summed E-state index contributed by atoms with van der Waals surface area (Å²) in [6, 6.07) is 10.8. The Kier molecular flexibility index (Phi) is 6.32. The molecule has 3 N–H and O–H groups in total. The van der Waals surface area contributed by atoms with Gasteiger partial charge in [-0.05, 0) is 36.4 Å². The van der Waals surface area contributed by atoms with Crippen LogP contribution in [0.5, 0.6) is 0 Å². The van der Waals surface area contributed by atoms with Gasteiger partial charge in [0.05, 0.1) is 4.92 Å². The van der Waals surface area contributed by atoms with Crippen LogP contribution in [0.4, 0.5) is 23.0 Å². The first kappa shape index (κ1) is 20.6. The monoisotopic (exact) mass is 452 g/mol. The van der Waals surface area contributed by atoms with E-state index in [-0.39, 0.29) is 17.2 Å². The summed E-state index contributed by atoms with van der Waals surface area (Å²) in [7, 11) is 0. The Morgan fingerprint density at radius 1 is 0.966 bits per heavy atom. The zero-order chi connectivity index (χ0) is 21.0. The van der Waals surface area contributed by atoms with E-state index in [9.17, 15) is 14.9 Å². The fraction of sp³-hybridized carbons (Fsp3) is 0. The zero-order valence-corrected chi connectivity index (χ0v) is 16.6. The number of hydrogen-bond donors (Lipinski definition) is 3. The second-order valence-corrected chi connectivity index (χ2v) is 6.86. The summed E-state index contributed by atoms with van der Waals surface area (Å²) in [6.07, 6.45) is 1.09. The standard InChI is InChI=1S/C17H11Cl3N6O3/c18-10-3-1-2-9(4-10)17(27)25-24-16-14(26(28)29)15(21-8-22-16)23-13-6-11(19)5-12(20)7-13/h1-8H,(H,25,27)(H2,21,22,23,24). The number of nitrogens with zero attached hydrogens (tertiary/aromatic N) is 3. The second kappa shape index (κ2) is 8.91. The average molecular weight is 454 g/mol. The van der Waals surface area contributed by atoms with E-state index >= 15 is 0 Å². The van der Waals surface area contributed by atoms with Crippen molar-refractivity contribution in [1.82, 2.24) is 15.4 Å². The Morgan fingerprint density at radius 3 is 2.31 bits per heavy atom. The molecule has 12 heteroatoms. The number of anilines is 3. The van der Waals surface area contributed by atoms with Gasteiger partial charge in [0.25, 0.3) is 5.91 Å². The lowest BCUT2D eigenvalue weighted by Gasteiger charge is -2.11. The number of hydrazine groups is 1. The summed E-state index contributed by atoms with van der Waals surface area (Å²) in [5, 5.41) is 15.4. The van der Waals surface area contributed by atoms with Gasteiger partial charge in [0, 0.05) is 26.3 Å². The molecule has 0 bridgehead atoms. The van der Waals surface area contributed by atoms with Gasteiger partial charge in [0.1, 0.15) is 6.33 Å². The van der Waals surface area contributed by atoms with Gasteiger partial charge in [-0.3, -0.25) is 25.8 Å². The third kappa shape index (κ3) is 5.23. The summed E-state index contributed by atoms with van der Waals surface area (Å²) in [4.78, 5) is 30.8. The first-order valence-electron chi connectivity index (χ1n) is 7.88. The molecule has 0 fully saturated rings. The number of hydrogen-bond acceptors (Lipinski definition) is 7. The third-order valence-electron chi connectivity index (χ3n) is 3.51. The number of rotatable bonds is 6. The molecular weight excluding hydrogens is 443 g/mol. The Hall–Kier alpha value is -3.14. The highest BCUT2D eigenvalue weighted by Crippen LogP contribution is 2.32. The van der Waals surface area contributed by atoms with Gasteiger partial charge in [-0.25, -0.2) is 9.97 Å².